The number of piperidine rings is 1. The summed E-state index contributed by atoms with van der Waals surface area (Å²) in [5.41, 5.74) is 2.65. The molecule has 2 unspecified atom stereocenters. The lowest BCUT2D eigenvalue weighted by Gasteiger charge is -2.21. The quantitative estimate of drug-likeness (QED) is 0.377. The number of anilines is 3. The Morgan fingerprint density at radius 1 is 1.06 bits per heavy atom. The third-order valence-electron chi connectivity index (χ3n) is 6.72. The predicted octanol–water partition coefficient (Wildman–Crippen LogP) is 4.57. The minimum atomic E-state index is -0.956. The van der Waals surface area contributed by atoms with Crippen LogP contribution in [0.15, 0.2) is 67.1 Å². The van der Waals surface area contributed by atoms with E-state index in [4.69, 9.17) is 9.84 Å². The Morgan fingerprint density at radius 2 is 1.86 bits per heavy atom. The number of hydrogen-bond acceptors (Lipinski definition) is 7. The Morgan fingerprint density at radius 3 is 2.60 bits per heavy atom. The Labute approximate surface area is 201 Å². The summed E-state index contributed by atoms with van der Waals surface area (Å²) in [6, 6.07) is 17.7. The average molecular weight is 469 g/mol. The number of fused-ring (bicyclic) bond motifs is 2. The van der Waals surface area contributed by atoms with E-state index in [1.165, 1.54) is 6.33 Å². The van der Waals surface area contributed by atoms with Crippen molar-refractivity contribution in [3.63, 3.8) is 0 Å². The van der Waals surface area contributed by atoms with Crippen molar-refractivity contribution in [3.8, 4) is 11.5 Å². The molecule has 6 rings (SSSR count). The molecule has 176 valence electrons. The molecule has 9 heteroatoms. The number of hydrogen-bond donors (Lipinski definition) is 3. The standard InChI is InChI=1S/C26H24N6O3/c1-15-9-16(7-8-22(15)35-17-5-3-2-4-6-17)30-25-18-10-23(27-11-21(18)28-14-29-25)32-12-19-20(13-32)24(19)31-26(33)34/h2-11,14,19-20,24,31H,12-13H2,1H3,(H,33,34)(H,28,29,30). The van der Waals surface area contributed by atoms with Crippen molar-refractivity contribution in [2.75, 3.05) is 23.3 Å². The molecule has 1 aliphatic carbocycles. The van der Waals surface area contributed by atoms with Crippen molar-refractivity contribution in [1.82, 2.24) is 20.3 Å². The van der Waals surface area contributed by atoms with Gasteiger partial charge in [-0.2, -0.15) is 0 Å². The highest BCUT2D eigenvalue weighted by Crippen LogP contribution is 2.46. The van der Waals surface area contributed by atoms with Crippen molar-refractivity contribution in [2.24, 2.45) is 11.8 Å². The van der Waals surface area contributed by atoms with Gasteiger partial charge in [-0.15, -0.1) is 0 Å². The van der Waals surface area contributed by atoms with Crippen LogP contribution in [0.3, 0.4) is 0 Å². The van der Waals surface area contributed by atoms with E-state index in [9.17, 15) is 4.79 Å². The first-order valence-corrected chi connectivity index (χ1v) is 11.5. The summed E-state index contributed by atoms with van der Waals surface area (Å²) in [4.78, 5) is 26.6. The molecule has 4 aromatic rings. The van der Waals surface area contributed by atoms with Crippen LogP contribution < -0.4 is 20.3 Å². The maximum absolute atomic E-state index is 10.9. The topological polar surface area (TPSA) is 112 Å². The Balaban J connectivity index is 1.21. The molecule has 0 spiro atoms. The number of carbonyl (C=O) groups is 1. The van der Waals surface area contributed by atoms with Gasteiger partial charge in [-0.3, -0.25) is 0 Å². The summed E-state index contributed by atoms with van der Waals surface area (Å²) >= 11 is 0. The molecule has 1 aliphatic heterocycles. The van der Waals surface area contributed by atoms with E-state index in [1.54, 1.807) is 6.20 Å². The van der Waals surface area contributed by atoms with Crippen LogP contribution in [-0.4, -0.2) is 45.3 Å². The molecule has 2 atom stereocenters. The summed E-state index contributed by atoms with van der Waals surface area (Å²) in [7, 11) is 0. The summed E-state index contributed by atoms with van der Waals surface area (Å²) in [5, 5.41) is 15.9. The van der Waals surface area contributed by atoms with Crippen LogP contribution in [0, 0.1) is 18.8 Å². The molecule has 9 nitrogen and oxygen atoms in total. The number of aromatic nitrogens is 3. The van der Waals surface area contributed by atoms with Gasteiger partial charge < -0.3 is 25.4 Å². The maximum Gasteiger partial charge on any atom is 0.404 e. The molecule has 0 radical (unpaired) electrons. The Bertz CT molecular complexity index is 1400. The van der Waals surface area contributed by atoms with E-state index in [2.05, 4.69) is 30.5 Å². The smallest absolute Gasteiger partial charge is 0.404 e. The second-order valence-corrected chi connectivity index (χ2v) is 9.01. The fraction of sp³-hybridized carbons (Fsp3) is 0.231. The fourth-order valence-corrected chi connectivity index (χ4v) is 4.88. The Hall–Kier alpha value is -4.40. The van der Waals surface area contributed by atoms with Gasteiger partial charge >= 0.3 is 6.09 Å². The van der Waals surface area contributed by atoms with Crippen LogP contribution in [0.2, 0.25) is 0 Å². The van der Waals surface area contributed by atoms with Gasteiger partial charge in [0.25, 0.3) is 0 Å². The first-order chi connectivity index (χ1) is 17.0. The third kappa shape index (κ3) is 4.16. The monoisotopic (exact) mass is 468 g/mol. The number of nitrogens with zero attached hydrogens (tertiary/aromatic N) is 4. The zero-order valence-corrected chi connectivity index (χ0v) is 19.0. The molecule has 1 saturated heterocycles. The molecule has 3 heterocycles. The first kappa shape index (κ1) is 21.2. The lowest BCUT2D eigenvalue weighted by atomic mass is 10.2. The first-order valence-electron chi connectivity index (χ1n) is 11.5. The highest BCUT2D eigenvalue weighted by Gasteiger charge is 2.56. The molecule has 35 heavy (non-hydrogen) atoms. The van der Waals surface area contributed by atoms with E-state index in [0.29, 0.717) is 17.7 Å². The zero-order chi connectivity index (χ0) is 23.9. The second kappa shape index (κ2) is 8.43. The van der Waals surface area contributed by atoms with Crippen LogP contribution in [0.1, 0.15) is 5.56 Å². The van der Waals surface area contributed by atoms with Crippen LogP contribution >= 0.6 is 0 Å². The minimum Gasteiger partial charge on any atom is -0.465 e. The van der Waals surface area contributed by atoms with E-state index in [-0.39, 0.29) is 6.04 Å². The number of carboxylic acid groups (broad SMARTS) is 1. The number of rotatable bonds is 6. The summed E-state index contributed by atoms with van der Waals surface area (Å²) < 4.78 is 5.99. The highest BCUT2D eigenvalue weighted by atomic mass is 16.5. The number of para-hydroxylation sites is 1. The summed E-state index contributed by atoms with van der Waals surface area (Å²) in [5.74, 6) is 3.82. The molecule has 2 aromatic carbocycles. The molecule has 1 saturated carbocycles. The van der Waals surface area contributed by atoms with Gasteiger partial charge in [0.15, 0.2) is 0 Å². The van der Waals surface area contributed by atoms with E-state index < -0.39 is 6.09 Å². The number of aryl methyl sites for hydroxylation is 1. The SMILES string of the molecule is Cc1cc(Nc2ncnc3cnc(N4CC5C(C4)C5NC(=O)O)cc23)ccc1Oc1ccccc1. The summed E-state index contributed by atoms with van der Waals surface area (Å²) in [6.07, 6.45) is 2.33. The van der Waals surface area contributed by atoms with Gasteiger partial charge in [0, 0.05) is 42.0 Å². The lowest BCUT2D eigenvalue weighted by Crippen LogP contribution is -2.34. The molecule has 2 fully saturated rings. The number of benzene rings is 2. The maximum atomic E-state index is 10.9. The zero-order valence-electron chi connectivity index (χ0n) is 19.0. The molecular formula is C26H24N6O3. The van der Waals surface area contributed by atoms with Gasteiger partial charge in [0.2, 0.25) is 0 Å². The van der Waals surface area contributed by atoms with E-state index >= 15 is 0 Å². The van der Waals surface area contributed by atoms with Gasteiger partial charge in [-0.1, -0.05) is 18.2 Å². The van der Waals surface area contributed by atoms with Crippen LogP contribution in [0.5, 0.6) is 11.5 Å². The number of ether oxygens (including phenoxy) is 1. The average Bonchev–Trinajstić information content (AvgIpc) is 3.27. The highest BCUT2D eigenvalue weighted by molar-refractivity contribution is 5.92. The molecule has 2 aromatic heterocycles. The molecule has 1 amide bonds. The number of nitrogens with one attached hydrogen (secondary N) is 2. The van der Waals surface area contributed by atoms with Crippen LogP contribution in [-0.2, 0) is 0 Å². The molecule has 3 N–H and O–H groups in total. The lowest BCUT2D eigenvalue weighted by molar-refractivity contribution is 0.192. The number of amides is 1. The van der Waals surface area contributed by atoms with Crippen molar-refractivity contribution in [3.05, 3.63) is 72.7 Å². The normalized spacial score (nSPS) is 20.4. The predicted molar refractivity (Wildman–Crippen MR) is 132 cm³/mol. The van der Waals surface area contributed by atoms with Gasteiger partial charge in [-0.25, -0.2) is 19.7 Å². The molecule has 2 aliphatic rings. The van der Waals surface area contributed by atoms with Crippen molar-refractivity contribution >= 4 is 34.3 Å². The van der Waals surface area contributed by atoms with Gasteiger partial charge in [0.05, 0.1) is 11.7 Å². The second-order valence-electron chi connectivity index (χ2n) is 9.01. The Kier molecular flexibility index (Phi) is 5.09. The van der Waals surface area contributed by atoms with Crippen LogP contribution in [0.25, 0.3) is 10.9 Å². The van der Waals surface area contributed by atoms with Crippen molar-refractivity contribution in [2.45, 2.75) is 13.0 Å². The van der Waals surface area contributed by atoms with Gasteiger partial charge in [0.1, 0.15) is 29.5 Å². The van der Waals surface area contributed by atoms with Crippen molar-refractivity contribution < 1.29 is 14.6 Å². The number of pyridine rings is 1. The van der Waals surface area contributed by atoms with E-state index in [1.807, 2.05) is 61.5 Å². The van der Waals surface area contributed by atoms with Crippen LogP contribution in [0.4, 0.5) is 22.1 Å². The largest absolute Gasteiger partial charge is 0.465 e. The van der Waals surface area contributed by atoms with E-state index in [0.717, 1.165) is 52.6 Å². The van der Waals surface area contributed by atoms with Crippen molar-refractivity contribution in [1.29, 1.82) is 0 Å². The molecular weight excluding hydrogens is 444 g/mol. The fourth-order valence-electron chi connectivity index (χ4n) is 4.88. The molecule has 0 bridgehead atoms. The summed E-state index contributed by atoms with van der Waals surface area (Å²) in [6.45, 7) is 3.58. The third-order valence-corrected chi connectivity index (χ3v) is 6.72. The minimum absolute atomic E-state index is 0.0573. The van der Waals surface area contributed by atoms with Gasteiger partial charge in [-0.05, 0) is 48.9 Å².